The zero-order valence-electron chi connectivity index (χ0n) is 11.8. The van der Waals surface area contributed by atoms with Gasteiger partial charge < -0.3 is 15.0 Å². The van der Waals surface area contributed by atoms with Crippen molar-refractivity contribution < 1.29 is 4.74 Å². The van der Waals surface area contributed by atoms with E-state index >= 15 is 0 Å². The lowest BCUT2D eigenvalue weighted by molar-refractivity contribution is 0.123. The van der Waals surface area contributed by atoms with Gasteiger partial charge in [0, 0.05) is 23.8 Å². The van der Waals surface area contributed by atoms with Crippen LogP contribution < -0.4 is 10.2 Å². The van der Waals surface area contributed by atoms with Gasteiger partial charge in [-0.25, -0.2) is 0 Å². The number of halogens is 1. The SMILES string of the molecule is Brc1ccc(CNc2ccccc2N2CCOCC2)nc1. The summed E-state index contributed by atoms with van der Waals surface area (Å²) in [6, 6.07) is 12.4. The molecule has 0 spiro atoms. The lowest BCUT2D eigenvalue weighted by Crippen LogP contribution is -2.36. The fourth-order valence-electron chi connectivity index (χ4n) is 2.40. The number of nitrogens with zero attached hydrogens (tertiary/aromatic N) is 2. The summed E-state index contributed by atoms with van der Waals surface area (Å²) < 4.78 is 6.43. The van der Waals surface area contributed by atoms with Crippen molar-refractivity contribution in [2.45, 2.75) is 6.54 Å². The molecule has 21 heavy (non-hydrogen) atoms. The maximum absolute atomic E-state index is 5.43. The van der Waals surface area contributed by atoms with Crippen molar-refractivity contribution >= 4 is 27.3 Å². The number of hydrogen-bond donors (Lipinski definition) is 1. The molecule has 1 aromatic heterocycles. The lowest BCUT2D eigenvalue weighted by atomic mass is 10.2. The number of anilines is 2. The molecule has 0 saturated carbocycles. The molecule has 3 rings (SSSR count). The quantitative estimate of drug-likeness (QED) is 0.920. The molecule has 1 aliphatic rings. The van der Waals surface area contributed by atoms with Gasteiger partial charge in [0.25, 0.3) is 0 Å². The van der Waals surface area contributed by atoms with E-state index < -0.39 is 0 Å². The fraction of sp³-hybridized carbons (Fsp3) is 0.312. The molecular formula is C16H18BrN3O. The van der Waals surface area contributed by atoms with Crippen LogP contribution in [0.5, 0.6) is 0 Å². The number of rotatable bonds is 4. The van der Waals surface area contributed by atoms with Crippen molar-refractivity contribution in [3.8, 4) is 0 Å². The zero-order valence-corrected chi connectivity index (χ0v) is 13.3. The summed E-state index contributed by atoms with van der Waals surface area (Å²) in [6.07, 6.45) is 1.82. The van der Waals surface area contributed by atoms with Gasteiger partial charge in [-0.15, -0.1) is 0 Å². The Bertz CT molecular complexity index is 582. The molecule has 0 bridgehead atoms. The normalized spacial score (nSPS) is 15.0. The molecule has 1 N–H and O–H groups in total. The van der Waals surface area contributed by atoms with Gasteiger partial charge >= 0.3 is 0 Å². The summed E-state index contributed by atoms with van der Waals surface area (Å²) in [5.74, 6) is 0. The van der Waals surface area contributed by atoms with Crippen LogP contribution in [-0.4, -0.2) is 31.3 Å². The van der Waals surface area contributed by atoms with Crippen molar-refractivity contribution in [2.75, 3.05) is 36.5 Å². The van der Waals surface area contributed by atoms with Crippen LogP contribution in [0.3, 0.4) is 0 Å². The molecule has 2 aromatic rings. The summed E-state index contributed by atoms with van der Waals surface area (Å²) in [5, 5.41) is 3.49. The van der Waals surface area contributed by atoms with Crippen LogP contribution in [-0.2, 0) is 11.3 Å². The molecule has 1 aliphatic heterocycles. The maximum Gasteiger partial charge on any atom is 0.0642 e. The molecule has 0 atom stereocenters. The molecular weight excluding hydrogens is 330 g/mol. The number of hydrogen-bond acceptors (Lipinski definition) is 4. The smallest absolute Gasteiger partial charge is 0.0642 e. The molecule has 4 nitrogen and oxygen atoms in total. The summed E-state index contributed by atoms with van der Waals surface area (Å²) in [5.41, 5.74) is 3.40. The number of benzene rings is 1. The Morgan fingerprint density at radius 3 is 2.71 bits per heavy atom. The second-order valence-electron chi connectivity index (χ2n) is 4.94. The second-order valence-corrected chi connectivity index (χ2v) is 5.85. The summed E-state index contributed by atoms with van der Waals surface area (Å²) in [6.45, 7) is 4.18. The Hall–Kier alpha value is -1.59. The highest BCUT2D eigenvalue weighted by Crippen LogP contribution is 2.26. The van der Waals surface area contributed by atoms with Gasteiger partial charge in [-0.05, 0) is 40.2 Å². The zero-order chi connectivity index (χ0) is 14.5. The van der Waals surface area contributed by atoms with Crippen LogP contribution in [0.4, 0.5) is 11.4 Å². The van der Waals surface area contributed by atoms with Gasteiger partial charge in [-0.2, -0.15) is 0 Å². The minimum atomic E-state index is 0.717. The number of morpholine rings is 1. The molecule has 0 aliphatic carbocycles. The van der Waals surface area contributed by atoms with Gasteiger partial charge in [-0.1, -0.05) is 12.1 Å². The van der Waals surface area contributed by atoms with Gasteiger partial charge in [0.05, 0.1) is 36.8 Å². The highest BCUT2D eigenvalue weighted by molar-refractivity contribution is 9.10. The van der Waals surface area contributed by atoms with E-state index in [9.17, 15) is 0 Å². The third-order valence-corrected chi connectivity index (χ3v) is 3.97. The average molecular weight is 348 g/mol. The minimum absolute atomic E-state index is 0.717. The lowest BCUT2D eigenvalue weighted by Gasteiger charge is -2.30. The van der Waals surface area contributed by atoms with Crippen LogP contribution in [0.1, 0.15) is 5.69 Å². The number of pyridine rings is 1. The second kappa shape index (κ2) is 6.91. The third kappa shape index (κ3) is 3.74. The van der Waals surface area contributed by atoms with Gasteiger partial charge in [0.1, 0.15) is 0 Å². The maximum atomic E-state index is 5.43. The van der Waals surface area contributed by atoms with Gasteiger partial charge in [0.2, 0.25) is 0 Å². The standard InChI is InChI=1S/C16H18BrN3O/c17-13-5-6-14(18-11-13)12-19-15-3-1-2-4-16(15)20-7-9-21-10-8-20/h1-6,11,19H,7-10,12H2. The Morgan fingerprint density at radius 1 is 1.14 bits per heavy atom. The van der Waals surface area contributed by atoms with E-state index in [4.69, 9.17) is 4.74 Å². The average Bonchev–Trinajstić information content (AvgIpc) is 2.55. The Kier molecular flexibility index (Phi) is 4.72. The molecule has 5 heteroatoms. The van der Waals surface area contributed by atoms with E-state index in [1.54, 1.807) is 0 Å². The summed E-state index contributed by atoms with van der Waals surface area (Å²) in [4.78, 5) is 6.75. The van der Waals surface area contributed by atoms with E-state index in [2.05, 4.69) is 55.4 Å². The van der Waals surface area contributed by atoms with Crippen LogP contribution in [0.25, 0.3) is 0 Å². The predicted octanol–water partition coefficient (Wildman–Crippen LogP) is 3.29. The predicted molar refractivity (Wildman–Crippen MR) is 88.7 cm³/mol. The highest BCUT2D eigenvalue weighted by atomic mass is 79.9. The molecule has 0 radical (unpaired) electrons. The first-order valence-electron chi connectivity index (χ1n) is 7.09. The van der Waals surface area contributed by atoms with Crippen molar-refractivity contribution in [1.29, 1.82) is 0 Å². The summed E-state index contributed by atoms with van der Waals surface area (Å²) >= 11 is 3.40. The molecule has 1 fully saturated rings. The van der Waals surface area contributed by atoms with E-state index in [0.29, 0.717) is 6.54 Å². The van der Waals surface area contributed by atoms with Crippen molar-refractivity contribution in [1.82, 2.24) is 4.98 Å². The van der Waals surface area contributed by atoms with E-state index in [0.717, 1.165) is 42.2 Å². The van der Waals surface area contributed by atoms with E-state index in [1.807, 2.05) is 18.3 Å². The van der Waals surface area contributed by atoms with Crippen LogP contribution in [0.2, 0.25) is 0 Å². The first kappa shape index (κ1) is 14.4. The van der Waals surface area contributed by atoms with Crippen molar-refractivity contribution in [3.63, 3.8) is 0 Å². The Morgan fingerprint density at radius 2 is 1.95 bits per heavy atom. The molecule has 2 heterocycles. The summed E-state index contributed by atoms with van der Waals surface area (Å²) in [7, 11) is 0. The number of ether oxygens (including phenoxy) is 1. The van der Waals surface area contributed by atoms with Gasteiger partial charge in [-0.3, -0.25) is 4.98 Å². The van der Waals surface area contributed by atoms with Gasteiger partial charge in [0.15, 0.2) is 0 Å². The van der Waals surface area contributed by atoms with Crippen molar-refractivity contribution in [2.24, 2.45) is 0 Å². The minimum Gasteiger partial charge on any atom is -0.378 e. The number of nitrogens with one attached hydrogen (secondary N) is 1. The van der Waals surface area contributed by atoms with E-state index in [-0.39, 0.29) is 0 Å². The van der Waals surface area contributed by atoms with Crippen LogP contribution >= 0.6 is 15.9 Å². The molecule has 1 aromatic carbocycles. The molecule has 1 saturated heterocycles. The molecule has 110 valence electrons. The first-order valence-corrected chi connectivity index (χ1v) is 7.88. The highest BCUT2D eigenvalue weighted by Gasteiger charge is 2.14. The van der Waals surface area contributed by atoms with Crippen molar-refractivity contribution in [3.05, 3.63) is 52.8 Å². The first-order chi connectivity index (χ1) is 10.3. The topological polar surface area (TPSA) is 37.4 Å². The fourth-order valence-corrected chi connectivity index (χ4v) is 2.63. The third-order valence-electron chi connectivity index (χ3n) is 3.50. The van der Waals surface area contributed by atoms with Crippen LogP contribution in [0.15, 0.2) is 47.1 Å². The number of aromatic nitrogens is 1. The molecule has 0 amide bonds. The largest absolute Gasteiger partial charge is 0.378 e. The van der Waals surface area contributed by atoms with Crippen LogP contribution in [0, 0.1) is 0 Å². The Balaban J connectivity index is 1.71. The molecule has 0 unspecified atom stereocenters. The van der Waals surface area contributed by atoms with E-state index in [1.165, 1.54) is 5.69 Å². The Labute approximate surface area is 133 Å². The number of para-hydroxylation sites is 2. The monoisotopic (exact) mass is 347 g/mol.